The van der Waals surface area contributed by atoms with Gasteiger partial charge in [-0.15, -0.1) is 0 Å². The predicted molar refractivity (Wildman–Crippen MR) is 65.6 cm³/mol. The number of nitrogens with two attached hydrogens (primary N) is 1. The van der Waals surface area contributed by atoms with E-state index in [1.807, 2.05) is 0 Å². The van der Waals surface area contributed by atoms with Gasteiger partial charge in [-0.3, -0.25) is 0 Å². The molecule has 0 amide bonds. The van der Waals surface area contributed by atoms with E-state index in [0.717, 1.165) is 26.1 Å². The van der Waals surface area contributed by atoms with E-state index in [0.29, 0.717) is 25.7 Å². The largest absolute Gasteiger partial charge is 0.382 e. The Morgan fingerprint density at radius 3 is 2.38 bits per heavy atom. The molecule has 0 aromatic rings. The van der Waals surface area contributed by atoms with Gasteiger partial charge in [0.15, 0.2) is 0 Å². The molecule has 0 radical (unpaired) electrons. The molecule has 0 spiro atoms. The molecule has 0 saturated heterocycles. The molecular formula is C12H27NO3. The van der Waals surface area contributed by atoms with E-state index in [4.69, 9.17) is 19.9 Å². The maximum absolute atomic E-state index is 5.94. The first-order chi connectivity index (χ1) is 7.72. The van der Waals surface area contributed by atoms with Crippen LogP contribution in [0, 0.1) is 5.92 Å². The minimum absolute atomic E-state index is 0.152. The van der Waals surface area contributed by atoms with Gasteiger partial charge in [0.05, 0.1) is 19.8 Å². The molecule has 2 N–H and O–H groups in total. The zero-order valence-corrected chi connectivity index (χ0v) is 10.9. The second-order valence-corrected chi connectivity index (χ2v) is 4.08. The van der Waals surface area contributed by atoms with Crippen molar-refractivity contribution >= 4 is 0 Å². The van der Waals surface area contributed by atoms with Gasteiger partial charge in [-0.25, -0.2) is 0 Å². The van der Waals surface area contributed by atoms with Crippen LogP contribution in [0.4, 0.5) is 0 Å². The number of rotatable bonds is 11. The molecule has 0 heterocycles. The standard InChI is InChI=1S/C12H27NO3/c1-4-11(2)12(13)10-16-7-5-6-15-9-8-14-3/h11-12H,4-10,13H2,1-3H3. The van der Waals surface area contributed by atoms with Crippen LogP contribution in [0.3, 0.4) is 0 Å². The Bertz CT molecular complexity index is 144. The van der Waals surface area contributed by atoms with Crippen molar-refractivity contribution in [3.63, 3.8) is 0 Å². The summed E-state index contributed by atoms with van der Waals surface area (Å²) in [4.78, 5) is 0. The lowest BCUT2D eigenvalue weighted by Crippen LogP contribution is -2.33. The van der Waals surface area contributed by atoms with Crippen molar-refractivity contribution < 1.29 is 14.2 Å². The van der Waals surface area contributed by atoms with E-state index in [2.05, 4.69) is 13.8 Å². The first-order valence-electron chi connectivity index (χ1n) is 6.12. The highest BCUT2D eigenvalue weighted by atomic mass is 16.5. The van der Waals surface area contributed by atoms with Gasteiger partial charge in [0, 0.05) is 26.4 Å². The fourth-order valence-corrected chi connectivity index (χ4v) is 1.19. The summed E-state index contributed by atoms with van der Waals surface area (Å²) in [6.07, 6.45) is 2.02. The van der Waals surface area contributed by atoms with Crippen molar-refractivity contribution in [3.05, 3.63) is 0 Å². The first kappa shape index (κ1) is 15.8. The SMILES string of the molecule is CCC(C)C(N)COCCCOCCOC. The summed E-state index contributed by atoms with van der Waals surface area (Å²) < 4.78 is 15.7. The van der Waals surface area contributed by atoms with Crippen LogP contribution in [0.5, 0.6) is 0 Å². The van der Waals surface area contributed by atoms with Crippen molar-refractivity contribution in [2.75, 3.05) is 40.1 Å². The Kier molecular flexibility index (Phi) is 11.2. The van der Waals surface area contributed by atoms with Gasteiger partial charge >= 0.3 is 0 Å². The zero-order chi connectivity index (χ0) is 12.2. The Morgan fingerprint density at radius 1 is 1.06 bits per heavy atom. The Labute approximate surface area is 99.4 Å². The van der Waals surface area contributed by atoms with Crippen LogP contribution in [0.1, 0.15) is 26.7 Å². The topological polar surface area (TPSA) is 53.7 Å². The fourth-order valence-electron chi connectivity index (χ4n) is 1.19. The molecule has 0 aliphatic carbocycles. The molecule has 0 fully saturated rings. The average molecular weight is 233 g/mol. The lowest BCUT2D eigenvalue weighted by Gasteiger charge is -2.18. The Morgan fingerprint density at radius 2 is 1.75 bits per heavy atom. The first-order valence-corrected chi connectivity index (χ1v) is 6.12. The highest BCUT2D eigenvalue weighted by Gasteiger charge is 2.09. The molecule has 2 atom stereocenters. The fraction of sp³-hybridized carbons (Fsp3) is 1.00. The third kappa shape index (κ3) is 9.09. The molecule has 98 valence electrons. The quantitative estimate of drug-likeness (QED) is 0.549. The van der Waals surface area contributed by atoms with Gasteiger partial charge in [0.1, 0.15) is 0 Å². The molecule has 0 aliphatic heterocycles. The summed E-state index contributed by atoms with van der Waals surface area (Å²) in [5.74, 6) is 0.526. The van der Waals surface area contributed by atoms with Gasteiger partial charge in [-0.05, 0) is 12.3 Å². The highest BCUT2D eigenvalue weighted by molar-refractivity contribution is 4.66. The second-order valence-electron chi connectivity index (χ2n) is 4.08. The highest BCUT2D eigenvalue weighted by Crippen LogP contribution is 2.05. The predicted octanol–water partition coefficient (Wildman–Crippen LogP) is 1.43. The summed E-state index contributed by atoms with van der Waals surface area (Å²) >= 11 is 0. The molecule has 2 unspecified atom stereocenters. The molecular weight excluding hydrogens is 206 g/mol. The number of ether oxygens (including phenoxy) is 3. The summed E-state index contributed by atoms with van der Waals surface area (Å²) in [5, 5.41) is 0. The van der Waals surface area contributed by atoms with Gasteiger partial charge in [-0.1, -0.05) is 20.3 Å². The molecule has 0 aromatic heterocycles. The van der Waals surface area contributed by atoms with Crippen LogP contribution in [-0.4, -0.2) is 46.2 Å². The van der Waals surface area contributed by atoms with Gasteiger partial charge in [-0.2, -0.15) is 0 Å². The minimum atomic E-state index is 0.152. The molecule has 4 heteroatoms. The molecule has 0 aromatic carbocycles. The minimum Gasteiger partial charge on any atom is -0.382 e. The monoisotopic (exact) mass is 233 g/mol. The zero-order valence-electron chi connectivity index (χ0n) is 10.9. The molecule has 0 bridgehead atoms. The number of methoxy groups -OCH3 is 1. The maximum atomic E-state index is 5.94. The van der Waals surface area contributed by atoms with Gasteiger partial charge < -0.3 is 19.9 Å². The Hall–Kier alpha value is -0.160. The molecule has 16 heavy (non-hydrogen) atoms. The maximum Gasteiger partial charge on any atom is 0.0700 e. The Balaban J connectivity index is 3.14. The molecule has 0 aliphatic rings. The van der Waals surface area contributed by atoms with Crippen LogP contribution < -0.4 is 5.73 Å². The summed E-state index contributed by atoms with van der Waals surface area (Å²) in [7, 11) is 1.67. The van der Waals surface area contributed by atoms with E-state index in [-0.39, 0.29) is 6.04 Å². The molecule has 4 nitrogen and oxygen atoms in total. The van der Waals surface area contributed by atoms with E-state index in [1.54, 1.807) is 7.11 Å². The molecule has 0 saturated carbocycles. The van der Waals surface area contributed by atoms with Crippen LogP contribution in [0.15, 0.2) is 0 Å². The summed E-state index contributed by atoms with van der Waals surface area (Å²) in [6.45, 7) is 7.70. The van der Waals surface area contributed by atoms with Crippen molar-refractivity contribution in [2.24, 2.45) is 11.7 Å². The van der Waals surface area contributed by atoms with E-state index in [9.17, 15) is 0 Å². The van der Waals surface area contributed by atoms with E-state index >= 15 is 0 Å². The van der Waals surface area contributed by atoms with E-state index in [1.165, 1.54) is 0 Å². The average Bonchev–Trinajstić information content (AvgIpc) is 2.31. The lowest BCUT2D eigenvalue weighted by molar-refractivity contribution is 0.0467. The van der Waals surface area contributed by atoms with Crippen LogP contribution >= 0.6 is 0 Å². The number of hydrogen-bond acceptors (Lipinski definition) is 4. The van der Waals surface area contributed by atoms with Crippen LogP contribution in [0.2, 0.25) is 0 Å². The van der Waals surface area contributed by atoms with Gasteiger partial charge in [0.25, 0.3) is 0 Å². The normalized spacial score (nSPS) is 15.0. The number of hydrogen-bond donors (Lipinski definition) is 1. The second kappa shape index (κ2) is 11.3. The third-order valence-corrected chi connectivity index (χ3v) is 2.69. The summed E-state index contributed by atoms with van der Waals surface area (Å²) in [5.41, 5.74) is 5.94. The van der Waals surface area contributed by atoms with Crippen LogP contribution in [0.25, 0.3) is 0 Å². The van der Waals surface area contributed by atoms with E-state index < -0.39 is 0 Å². The summed E-state index contributed by atoms with van der Waals surface area (Å²) in [6, 6.07) is 0.152. The van der Waals surface area contributed by atoms with Gasteiger partial charge in [0.2, 0.25) is 0 Å². The molecule has 0 rings (SSSR count). The smallest absolute Gasteiger partial charge is 0.0700 e. The van der Waals surface area contributed by atoms with Crippen molar-refractivity contribution in [3.8, 4) is 0 Å². The lowest BCUT2D eigenvalue weighted by atomic mass is 10.0. The van der Waals surface area contributed by atoms with Crippen LogP contribution in [-0.2, 0) is 14.2 Å². The van der Waals surface area contributed by atoms with Crippen molar-refractivity contribution in [1.82, 2.24) is 0 Å². The van der Waals surface area contributed by atoms with Crippen molar-refractivity contribution in [1.29, 1.82) is 0 Å². The van der Waals surface area contributed by atoms with Crippen molar-refractivity contribution in [2.45, 2.75) is 32.7 Å². The third-order valence-electron chi connectivity index (χ3n) is 2.69.